The second kappa shape index (κ2) is 6.70. The van der Waals surface area contributed by atoms with Crippen LogP contribution in [0.3, 0.4) is 0 Å². The van der Waals surface area contributed by atoms with Gasteiger partial charge in [0.15, 0.2) is 0 Å². The van der Waals surface area contributed by atoms with E-state index in [0.717, 1.165) is 11.0 Å². The van der Waals surface area contributed by atoms with E-state index in [2.05, 4.69) is 26.0 Å². The number of benzene rings is 1. The molecule has 2 N–H and O–H groups in total. The monoisotopic (exact) mass is 340 g/mol. The van der Waals surface area contributed by atoms with E-state index in [0.29, 0.717) is 13.1 Å². The van der Waals surface area contributed by atoms with Crippen molar-refractivity contribution < 1.29 is 8.42 Å². The maximum absolute atomic E-state index is 11.9. The lowest BCUT2D eigenvalue weighted by Crippen LogP contribution is -2.31. The van der Waals surface area contributed by atoms with Gasteiger partial charge in [0, 0.05) is 17.6 Å². The standard InChI is InChI=1S/C10H14BrClN2O2S/c1-2-13-5-6-14-17(15,16)10-4-3-8(11)7-9(10)12/h3-4,7,13-14H,2,5-6H2,1H3. The summed E-state index contributed by atoms with van der Waals surface area (Å²) in [6.07, 6.45) is 0. The number of nitrogens with one attached hydrogen (secondary N) is 2. The van der Waals surface area contributed by atoms with E-state index in [4.69, 9.17) is 11.6 Å². The lowest BCUT2D eigenvalue weighted by molar-refractivity contribution is 0.577. The Labute approximate surface area is 115 Å². The second-order valence-corrected chi connectivity index (χ2v) is 6.38. The summed E-state index contributed by atoms with van der Waals surface area (Å²) in [5, 5.41) is 3.23. The van der Waals surface area contributed by atoms with Crippen LogP contribution in [-0.4, -0.2) is 28.1 Å². The lowest BCUT2D eigenvalue weighted by Gasteiger charge is -2.08. The van der Waals surface area contributed by atoms with Gasteiger partial charge in [-0.1, -0.05) is 34.5 Å². The van der Waals surface area contributed by atoms with Gasteiger partial charge in [0.25, 0.3) is 0 Å². The third kappa shape index (κ3) is 4.56. The van der Waals surface area contributed by atoms with E-state index in [9.17, 15) is 8.42 Å². The lowest BCUT2D eigenvalue weighted by atomic mass is 10.4. The third-order valence-electron chi connectivity index (χ3n) is 2.03. The number of likely N-dealkylation sites (N-methyl/N-ethyl adjacent to an activating group) is 1. The molecule has 0 saturated heterocycles. The van der Waals surface area contributed by atoms with E-state index >= 15 is 0 Å². The van der Waals surface area contributed by atoms with E-state index in [-0.39, 0.29) is 9.92 Å². The Morgan fingerprint density at radius 1 is 1.35 bits per heavy atom. The fraction of sp³-hybridized carbons (Fsp3) is 0.400. The molecule has 0 aliphatic heterocycles. The van der Waals surface area contributed by atoms with Gasteiger partial charge in [-0.25, -0.2) is 13.1 Å². The van der Waals surface area contributed by atoms with Crippen LogP contribution < -0.4 is 10.0 Å². The van der Waals surface area contributed by atoms with Crippen LogP contribution in [0.25, 0.3) is 0 Å². The number of hydrogen-bond donors (Lipinski definition) is 2. The quantitative estimate of drug-likeness (QED) is 0.778. The molecular weight excluding hydrogens is 328 g/mol. The Morgan fingerprint density at radius 2 is 2.06 bits per heavy atom. The Kier molecular flexibility index (Phi) is 5.88. The van der Waals surface area contributed by atoms with Crippen molar-refractivity contribution in [2.45, 2.75) is 11.8 Å². The summed E-state index contributed by atoms with van der Waals surface area (Å²) in [7, 11) is -3.53. The first kappa shape index (κ1) is 14.9. The fourth-order valence-electron chi connectivity index (χ4n) is 1.22. The van der Waals surface area contributed by atoms with Crippen LogP contribution in [0.15, 0.2) is 27.6 Å². The first-order valence-electron chi connectivity index (χ1n) is 5.13. The molecular formula is C10H14BrClN2O2S. The van der Waals surface area contributed by atoms with Gasteiger partial charge in [0.2, 0.25) is 10.0 Å². The zero-order valence-corrected chi connectivity index (χ0v) is 12.5. The highest BCUT2D eigenvalue weighted by molar-refractivity contribution is 9.10. The largest absolute Gasteiger partial charge is 0.316 e. The van der Waals surface area contributed by atoms with Crippen LogP contribution in [0.4, 0.5) is 0 Å². The molecule has 0 amide bonds. The van der Waals surface area contributed by atoms with E-state index in [1.54, 1.807) is 12.1 Å². The van der Waals surface area contributed by atoms with Crippen LogP contribution in [0, 0.1) is 0 Å². The van der Waals surface area contributed by atoms with Crippen molar-refractivity contribution >= 4 is 37.6 Å². The molecule has 0 heterocycles. The number of rotatable bonds is 6. The molecule has 17 heavy (non-hydrogen) atoms. The molecule has 1 rings (SSSR count). The Balaban J connectivity index is 2.76. The van der Waals surface area contributed by atoms with E-state index in [1.165, 1.54) is 6.07 Å². The second-order valence-electron chi connectivity index (χ2n) is 3.33. The van der Waals surface area contributed by atoms with Gasteiger partial charge in [-0.2, -0.15) is 0 Å². The summed E-state index contributed by atoms with van der Waals surface area (Å²) in [5.41, 5.74) is 0. The van der Waals surface area contributed by atoms with Gasteiger partial charge in [0.05, 0.1) is 5.02 Å². The topological polar surface area (TPSA) is 58.2 Å². The van der Waals surface area contributed by atoms with E-state index in [1.807, 2.05) is 6.92 Å². The SMILES string of the molecule is CCNCCNS(=O)(=O)c1ccc(Br)cc1Cl. The normalized spacial score (nSPS) is 11.7. The molecule has 0 radical (unpaired) electrons. The summed E-state index contributed by atoms with van der Waals surface area (Å²) >= 11 is 9.12. The Morgan fingerprint density at radius 3 is 2.65 bits per heavy atom. The fourth-order valence-corrected chi connectivity index (χ4v) is 3.29. The highest BCUT2D eigenvalue weighted by atomic mass is 79.9. The van der Waals surface area contributed by atoms with Crippen molar-refractivity contribution in [2.24, 2.45) is 0 Å². The van der Waals surface area contributed by atoms with Crippen LogP contribution in [0.5, 0.6) is 0 Å². The van der Waals surface area contributed by atoms with Gasteiger partial charge in [-0.05, 0) is 24.7 Å². The summed E-state index contributed by atoms with van der Waals surface area (Å²) in [4.78, 5) is 0.0962. The maximum Gasteiger partial charge on any atom is 0.242 e. The number of halogens is 2. The molecule has 0 spiro atoms. The summed E-state index contributed by atoms with van der Waals surface area (Å²) in [5.74, 6) is 0. The highest BCUT2D eigenvalue weighted by Gasteiger charge is 2.16. The molecule has 1 aromatic rings. The molecule has 0 aliphatic rings. The van der Waals surface area contributed by atoms with Crippen LogP contribution in [0.1, 0.15) is 6.92 Å². The Bertz CT molecular complexity index is 479. The van der Waals surface area contributed by atoms with Gasteiger partial charge in [-0.15, -0.1) is 0 Å². The minimum absolute atomic E-state index is 0.0962. The minimum atomic E-state index is -3.53. The van der Waals surface area contributed by atoms with Gasteiger partial charge < -0.3 is 5.32 Å². The number of sulfonamides is 1. The van der Waals surface area contributed by atoms with E-state index < -0.39 is 10.0 Å². The van der Waals surface area contributed by atoms with Crippen molar-refractivity contribution in [3.63, 3.8) is 0 Å². The molecule has 0 fully saturated rings. The summed E-state index contributed by atoms with van der Waals surface area (Å²) < 4.78 is 27.0. The predicted octanol–water partition coefficient (Wildman–Crippen LogP) is 1.99. The first-order valence-corrected chi connectivity index (χ1v) is 7.78. The molecule has 0 bridgehead atoms. The first-order chi connectivity index (χ1) is 7.97. The molecule has 0 unspecified atom stereocenters. The van der Waals surface area contributed by atoms with Gasteiger partial charge in [0.1, 0.15) is 4.90 Å². The molecule has 0 saturated carbocycles. The van der Waals surface area contributed by atoms with Crippen molar-refractivity contribution in [1.29, 1.82) is 0 Å². The van der Waals surface area contributed by atoms with Crippen LogP contribution >= 0.6 is 27.5 Å². The smallest absolute Gasteiger partial charge is 0.242 e. The molecule has 4 nitrogen and oxygen atoms in total. The van der Waals surface area contributed by atoms with Crippen LogP contribution in [0.2, 0.25) is 5.02 Å². The molecule has 1 aromatic carbocycles. The minimum Gasteiger partial charge on any atom is -0.316 e. The van der Waals surface area contributed by atoms with Gasteiger partial charge >= 0.3 is 0 Å². The van der Waals surface area contributed by atoms with Crippen molar-refractivity contribution in [3.8, 4) is 0 Å². The van der Waals surface area contributed by atoms with Gasteiger partial charge in [-0.3, -0.25) is 0 Å². The molecule has 0 aromatic heterocycles. The molecule has 96 valence electrons. The maximum atomic E-state index is 11.9. The molecule has 7 heteroatoms. The molecule has 0 aliphatic carbocycles. The van der Waals surface area contributed by atoms with Crippen molar-refractivity contribution in [2.75, 3.05) is 19.6 Å². The molecule has 0 atom stereocenters. The van der Waals surface area contributed by atoms with Crippen molar-refractivity contribution in [1.82, 2.24) is 10.0 Å². The zero-order valence-electron chi connectivity index (χ0n) is 9.33. The third-order valence-corrected chi connectivity index (χ3v) is 4.46. The summed E-state index contributed by atoms with van der Waals surface area (Å²) in [6.45, 7) is 3.69. The Hall–Kier alpha value is -0.140. The average molecular weight is 342 g/mol. The zero-order chi connectivity index (χ0) is 12.9. The predicted molar refractivity (Wildman–Crippen MR) is 72.9 cm³/mol. The average Bonchev–Trinajstić information content (AvgIpc) is 2.24. The van der Waals surface area contributed by atoms with Crippen LogP contribution in [-0.2, 0) is 10.0 Å². The number of hydrogen-bond acceptors (Lipinski definition) is 3. The van der Waals surface area contributed by atoms with Crippen molar-refractivity contribution in [3.05, 3.63) is 27.7 Å². The summed E-state index contributed by atoms with van der Waals surface area (Å²) in [6, 6.07) is 4.67. The highest BCUT2D eigenvalue weighted by Crippen LogP contribution is 2.24.